The molecule has 1 amide bonds. The molecule has 8 heteroatoms. The summed E-state index contributed by atoms with van der Waals surface area (Å²) in [4.78, 5) is 23.8. The molecular formula is C17H24N2O5S. The number of nitrogens with zero attached hydrogens (tertiary/aromatic N) is 1. The zero-order valence-corrected chi connectivity index (χ0v) is 15.5. The number of rotatable bonds is 8. The van der Waals surface area contributed by atoms with Crippen LogP contribution < -0.4 is 5.32 Å². The molecule has 1 aromatic rings. The number of aryl methyl sites for hydroxylation is 1. The van der Waals surface area contributed by atoms with Crippen LogP contribution in [-0.2, 0) is 14.8 Å². The van der Waals surface area contributed by atoms with Gasteiger partial charge in [0.1, 0.15) is 6.04 Å². The maximum Gasteiger partial charge on any atom is 0.326 e. The van der Waals surface area contributed by atoms with E-state index in [9.17, 15) is 23.1 Å². The van der Waals surface area contributed by atoms with Gasteiger partial charge in [0, 0.05) is 18.7 Å². The van der Waals surface area contributed by atoms with Gasteiger partial charge >= 0.3 is 5.97 Å². The molecular weight excluding hydrogens is 344 g/mol. The number of carboxylic acid groups (broad SMARTS) is 1. The fourth-order valence-corrected chi connectivity index (χ4v) is 4.47. The van der Waals surface area contributed by atoms with Gasteiger partial charge in [0.15, 0.2) is 0 Å². The van der Waals surface area contributed by atoms with Gasteiger partial charge in [0.25, 0.3) is 5.91 Å². The summed E-state index contributed by atoms with van der Waals surface area (Å²) >= 11 is 0. The lowest BCUT2D eigenvalue weighted by atomic mass is 10.1. The Kier molecular flexibility index (Phi) is 5.84. The summed E-state index contributed by atoms with van der Waals surface area (Å²) < 4.78 is 26.8. The van der Waals surface area contributed by atoms with Crippen molar-refractivity contribution in [3.63, 3.8) is 0 Å². The molecule has 1 atom stereocenters. The smallest absolute Gasteiger partial charge is 0.326 e. The van der Waals surface area contributed by atoms with Crippen LogP contribution in [-0.4, -0.2) is 48.8 Å². The van der Waals surface area contributed by atoms with Crippen LogP contribution in [0.15, 0.2) is 23.1 Å². The van der Waals surface area contributed by atoms with Gasteiger partial charge in [-0.3, -0.25) is 4.79 Å². The molecule has 0 bridgehead atoms. The molecule has 1 saturated carbocycles. The largest absolute Gasteiger partial charge is 0.480 e. The van der Waals surface area contributed by atoms with Crippen LogP contribution in [0.1, 0.15) is 42.6 Å². The van der Waals surface area contributed by atoms with Crippen molar-refractivity contribution in [3.05, 3.63) is 29.3 Å². The fourth-order valence-electron chi connectivity index (χ4n) is 2.76. The second-order valence-electron chi connectivity index (χ2n) is 6.20. The van der Waals surface area contributed by atoms with Crippen molar-refractivity contribution in [3.8, 4) is 0 Å². The Labute approximate surface area is 148 Å². The predicted octanol–water partition coefficient (Wildman–Crippen LogP) is 1.62. The molecule has 1 unspecified atom stereocenters. The van der Waals surface area contributed by atoms with Crippen LogP contribution in [0.4, 0.5) is 0 Å². The average Bonchev–Trinajstić information content (AvgIpc) is 3.37. The van der Waals surface area contributed by atoms with E-state index in [-0.39, 0.29) is 16.4 Å². The van der Waals surface area contributed by atoms with Crippen molar-refractivity contribution >= 4 is 21.9 Å². The molecule has 1 aliphatic carbocycles. The maximum atomic E-state index is 12.7. The molecule has 0 heterocycles. The van der Waals surface area contributed by atoms with Gasteiger partial charge in [-0.25, -0.2) is 13.2 Å². The number of aliphatic carboxylic acids is 1. The first-order chi connectivity index (χ1) is 11.7. The molecule has 0 radical (unpaired) electrons. The van der Waals surface area contributed by atoms with Gasteiger partial charge in [-0.2, -0.15) is 4.31 Å². The van der Waals surface area contributed by atoms with Gasteiger partial charge in [-0.05, 0) is 43.4 Å². The van der Waals surface area contributed by atoms with E-state index in [0.29, 0.717) is 18.7 Å². The molecule has 25 heavy (non-hydrogen) atoms. The standard InChI is InChI=1S/C17H24N2O5S/c1-4-19(5-2)25(23,24)14-10-13(7-6-11(14)3)16(20)18-15(17(21)22)12-8-9-12/h6-7,10,12,15H,4-5,8-9H2,1-3H3,(H,18,20)(H,21,22). The minimum absolute atomic E-state index is 0.0502. The summed E-state index contributed by atoms with van der Waals surface area (Å²) in [7, 11) is -3.70. The maximum absolute atomic E-state index is 12.7. The second kappa shape index (κ2) is 7.53. The van der Waals surface area contributed by atoms with E-state index >= 15 is 0 Å². The summed E-state index contributed by atoms with van der Waals surface area (Å²) in [6.45, 7) is 5.83. The fraction of sp³-hybridized carbons (Fsp3) is 0.529. The second-order valence-corrected chi connectivity index (χ2v) is 8.10. The lowest BCUT2D eigenvalue weighted by molar-refractivity contribution is -0.139. The highest BCUT2D eigenvalue weighted by atomic mass is 32.2. The van der Waals surface area contributed by atoms with E-state index in [2.05, 4.69) is 5.32 Å². The van der Waals surface area contributed by atoms with Crippen LogP contribution in [0.5, 0.6) is 0 Å². The molecule has 0 saturated heterocycles. The van der Waals surface area contributed by atoms with Crippen LogP contribution >= 0.6 is 0 Å². The zero-order chi connectivity index (χ0) is 18.8. The Morgan fingerprint density at radius 2 is 1.88 bits per heavy atom. The van der Waals surface area contributed by atoms with Crippen molar-refractivity contribution in [1.29, 1.82) is 0 Å². The Bertz CT molecular complexity index is 767. The van der Waals surface area contributed by atoms with Crippen molar-refractivity contribution in [1.82, 2.24) is 9.62 Å². The third-order valence-electron chi connectivity index (χ3n) is 4.42. The molecule has 138 valence electrons. The summed E-state index contributed by atoms with van der Waals surface area (Å²) in [6.07, 6.45) is 1.54. The minimum Gasteiger partial charge on any atom is -0.480 e. The number of nitrogens with one attached hydrogen (secondary N) is 1. The Hall–Kier alpha value is -1.93. The third-order valence-corrected chi connectivity index (χ3v) is 6.61. The van der Waals surface area contributed by atoms with Gasteiger partial charge in [-0.15, -0.1) is 0 Å². The molecule has 1 aromatic carbocycles. The van der Waals surface area contributed by atoms with Crippen LogP contribution in [0.25, 0.3) is 0 Å². The van der Waals surface area contributed by atoms with Crippen LogP contribution in [0, 0.1) is 12.8 Å². The molecule has 7 nitrogen and oxygen atoms in total. The quantitative estimate of drug-likeness (QED) is 0.726. The number of hydrogen-bond donors (Lipinski definition) is 2. The van der Waals surface area contributed by atoms with Crippen LogP contribution in [0.2, 0.25) is 0 Å². The SMILES string of the molecule is CCN(CC)S(=O)(=O)c1cc(C(=O)NC(C(=O)O)C2CC2)ccc1C. The number of carbonyl (C=O) groups excluding carboxylic acids is 1. The number of hydrogen-bond acceptors (Lipinski definition) is 4. The van der Waals surface area contributed by atoms with E-state index in [1.54, 1.807) is 26.8 Å². The zero-order valence-electron chi connectivity index (χ0n) is 14.7. The normalized spacial score (nSPS) is 15.8. The van der Waals surface area contributed by atoms with Gasteiger partial charge in [-0.1, -0.05) is 19.9 Å². The van der Waals surface area contributed by atoms with E-state index in [0.717, 1.165) is 12.8 Å². The molecule has 2 rings (SSSR count). The molecule has 2 N–H and O–H groups in total. The predicted molar refractivity (Wildman–Crippen MR) is 92.9 cm³/mol. The number of benzene rings is 1. The first-order valence-electron chi connectivity index (χ1n) is 8.36. The molecule has 1 fully saturated rings. The Balaban J connectivity index is 2.32. The molecule has 0 spiro atoms. The highest BCUT2D eigenvalue weighted by molar-refractivity contribution is 7.89. The number of carbonyl (C=O) groups is 2. The van der Waals surface area contributed by atoms with Gasteiger partial charge < -0.3 is 10.4 Å². The highest BCUT2D eigenvalue weighted by Crippen LogP contribution is 2.33. The number of amides is 1. The first kappa shape index (κ1) is 19.4. The highest BCUT2D eigenvalue weighted by Gasteiger charge is 2.37. The summed E-state index contributed by atoms with van der Waals surface area (Å²) in [5.41, 5.74) is 0.684. The summed E-state index contributed by atoms with van der Waals surface area (Å²) in [5, 5.41) is 11.7. The Morgan fingerprint density at radius 3 is 2.36 bits per heavy atom. The lowest BCUT2D eigenvalue weighted by Crippen LogP contribution is -2.42. The van der Waals surface area contributed by atoms with Crippen LogP contribution in [0.3, 0.4) is 0 Å². The molecule has 0 aliphatic heterocycles. The minimum atomic E-state index is -3.70. The van der Waals surface area contributed by atoms with E-state index in [1.807, 2.05) is 0 Å². The van der Waals surface area contributed by atoms with Crippen molar-refractivity contribution in [2.24, 2.45) is 5.92 Å². The van der Waals surface area contributed by atoms with E-state index in [1.165, 1.54) is 16.4 Å². The average molecular weight is 368 g/mol. The van der Waals surface area contributed by atoms with E-state index < -0.39 is 27.9 Å². The van der Waals surface area contributed by atoms with Crippen molar-refractivity contribution < 1.29 is 23.1 Å². The lowest BCUT2D eigenvalue weighted by Gasteiger charge is -2.20. The number of sulfonamides is 1. The van der Waals surface area contributed by atoms with Gasteiger partial charge in [0.2, 0.25) is 10.0 Å². The van der Waals surface area contributed by atoms with Crippen molar-refractivity contribution in [2.75, 3.05) is 13.1 Å². The third kappa shape index (κ3) is 4.19. The monoisotopic (exact) mass is 368 g/mol. The summed E-state index contributed by atoms with van der Waals surface area (Å²) in [6, 6.07) is 3.47. The van der Waals surface area contributed by atoms with Crippen molar-refractivity contribution in [2.45, 2.75) is 44.6 Å². The Morgan fingerprint density at radius 1 is 1.28 bits per heavy atom. The molecule has 0 aromatic heterocycles. The summed E-state index contributed by atoms with van der Waals surface area (Å²) in [5.74, 6) is -1.69. The van der Waals surface area contributed by atoms with E-state index in [4.69, 9.17) is 0 Å². The van der Waals surface area contributed by atoms with Gasteiger partial charge in [0.05, 0.1) is 4.90 Å². The number of carboxylic acids is 1. The first-order valence-corrected chi connectivity index (χ1v) is 9.80. The topological polar surface area (TPSA) is 104 Å². The molecule has 1 aliphatic rings.